The van der Waals surface area contributed by atoms with Gasteiger partial charge in [-0.15, -0.1) is 0 Å². The molecule has 0 heterocycles. The van der Waals surface area contributed by atoms with Crippen molar-refractivity contribution in [2.45, 2.75) is 0 Å². The summed E-state index contributed by atoms with van der Waals surface area (Å²) in [6.07, 6.45) is 0. The third-order valence-electron chi connectivity index (χ3n) is 0.133. The zero-order valence-corrected chi connectivity index (χ0v) is 115. The van der Waals surface area contributed by atoms with Gasteiger partial charge in [0.05, 0.1) is 0 Å². The zero-order chi connectivity index (χ0) is 91.7. The number of hydrogen-bond donors (Lipinski definition) is 0. The third-order valence-corrected chi connectivity index (χ3v) is 1.20. The van der Waals surface area contributed by atoms with Crippen LogP contribution < -0.4 is 0 Å². The number of hydrogen-bond acceptors (Lipinski definition) is 77. The topological polar surface area (TPSA) is 1340 Å². The first-order chi connectivity index (χ1) is 44.7. The Kier molecular flexibility index (Phi) is 304. The van der Waals surface area contributed by atoms with Gasteiger partial charge in [-0.2, -0.15) is 4.31 Å². The van der Waals surface area contributed by atoms with E-state index in [9.17, 15) is 18.3 Å². The predicted octanol–water partition coefficient (Wildman–Crippen LogP) is -8.26. The van der Waals surface area contributed by atoms with E-state index >= 15 is 0 Å². The van der Waals surface area contributed by atoms with Gasteiger partial charge in [-0.1, -0.05) is 0 Å². The summed E-state index contributed by atoms with van der Waals surface area (Å²) >= 11 is -103. The van der Waals surface area contributed by atoms with Crippen LogP contribution in [0.25, 0.3) is 0 Å². The summed E-state index contributed by atoms with van der Waals surface area (Å²) in [6.45, 7) is 0. The monoisotopic (exact) mass is 5730 g/mol. The van der Waals surface area contributed by atoms with Crippen LogP contribution in [0.1, 0.15) is 0 Å². The van der Waals surface area contributed by atoms with Gasteiger partial charge >= 0.3 is 673 Å². The zero-order valence-electron chi connectivity index (χ0n) is 42.6. The fourth-order valence-electron chi connectivity index (χ4n) is 0.0544. The Morgan fingerprint density at radius 1 is 0.0962 bits per heavy atom. The van der Waals surface area contributed by atoms with Crippen molar-refractivity contribution >= 4 is 15.8 Å². The molecule has 0 bridgehead atoms. The quantitative estimate of drug-likeness (QED) is 0.232. The van der Waals surface area contributed by atoms with Gasteiger partial charge in [-0.3, -0.25) is 0 Å². The predicted molar refractivity (Wildman–Crippen MR) is 70.7 cm³/mol. The van der Waals surface area contributed by atoms with E-state index in [0.29, 0.717) is 0 Å². The molecule has 0 radical (unpaired) electrons. The van der Waals surface area contributed by atoms with E-state index in [-0.39, 0.29) is 5.48 Å². The van der Waals surface area contributed by atoms with Gasteiger partial charge in [0.25, 0.3) is 0 Å². The molecule has 78 nitrogen and oxygen atoms in total. The standard InChI is InChI=1S/O5P2.H2O.72O.24W/c1-6(2)5-7(3)4;;;;;;;;;;;;;;;;;;;;;;;;;;;;;;;;;;;;;;;;;;;;;;;;;;;;;;;;;;;;;;;;;;;;;;;;;;;;;;;;;;;;;;;;;;;;;;;;;/h;1H2;;;;;;;;;;;;;;;;;;;;;;;;;;;;;;;;;;;;;;;;;;;;;;;;;;;;;;;;;;;;;;;;;;;;;;;;;;;;;;;;;;;;;;;;;;;;;;;;. The molecular weight excluding hydrogens is 5720 g/mol. The van der Waals surface area contributed by atoms with E-state index in [1.165, 1.54) is 0 Å². The minimum absolute atomic E-state index is 0. The first-order valence-electron chi connectivity index (χ1n) is 13.1. The summed E-state index contributed by atoms with van der Waals surface area (Å²) < 4.78 is 660. The van der Waals surface area contributed by atoms with Gasteiger partial charge in [-0.25, -0.2) is 18.3 Å². The molecule has 0 amide bonds. The molecule has 0 rings (SSSR count). The van der Waals surface area contributed by atoms with Gasteiger partial charge in [0.2, 0.25) is 0 Å². The van der Waals surface area contributed by atoms with Crippen molar-refractivity contribution < 1.29 is 686 Å². The molecule has 0 aliphatic heterocycles. The van der Waals surface area contributed by atoms with Crippen molar-refractivity contribution in [1.82, 2.24) is 0 Å². The molecule has 0 unspecified atom stereocenters. The first-order valence-corrected chi connectivity index (χ1v) is 102. The first kappa shape index (κ1) is 182. The average molecular weight is 5720 g/mol. The Morgan fingerprint density at radius 3 is 0.115 bits per heavy atom. The van der Waals surface area contributed by atoms with Gasteiger partial charge in [0, 0.05) is 0 Å². The van der Waals surface area contributed by atoms with Gasteiger partial charge in [0.1, 0.15) is 0 Å². The van der Waals surface area contributed by atoms with E-state index in [1.54, 1.807) is 0 Å². The SMILES string of the molecule is O.O=P(=O)OP(=O)=O.[O]=[W](=[O])=[O].[O]=[W](=[O])=[O].[O]=[W](=[O])=[O].[O]=[W](=[O])=[O].[O]=[W](=[O])=[O].[O]=[W](=[O])=[O].[O]=[W](=[O])=[O].[O]=[W](=[O])=[O].[O]=[W](=[O])=[O].[O]=[W](=[O])=[O].[O]=[W](=[O])=[O].[O]=[W](=[O])=[O].[O]=[W](=[O])=[O].[O]=[W](=[O])=[O].[O]=[W](=[O])=[O].[O]=[W](=[O])=[O].[O]=[W](=[O])=[O].[O]=[W](=[O])=[O].[O]=[W](=[O])=[O].[O]=[W](=[O])=[O].[O]=[W](=[O])=[O].[O]=[W](=[O])=[O].[O]=[W](=[O])=[O].[O]=[W](=[O])=[O]. The molecule has 0 saturated carbocycles. The van der Waals surface area contributed by atoms with Crippen molar-refractivity contribution in [3.05, 3.63) is 0 Å². The number of rotatable bonds is 2. The Bertz CT molecular complexity index is 3770. The molecule has 0 aromatic carbocycles. The van der Waals surface area contributed by atoms with Crippen molar-refractivity contribution in [2.24, 2.45) is 0 Å². The molecular formula is H2O78P2W24. The molecule has 0 aliphatic carbocycles. The molecule has 0 spiro atoms. The summed E-state index contributed by atoms with van der Waals surface area (Å²) in [5.74, 6) is 0. The second kappa shape index (κ2) is 173. The fourth-order valence-corrected chi connectivity index (χ4v) is 0.490. The van der Waals surface area contributed by atoms with Crippen molar-refractivity contribution in [1.29, 1.82) is 0 Å². The summed E-state index contributed by atoms with van der Waals surface area (Å²) in [6, 6.07) is 0. The van der Waals surface area contributed by atoms with E-state index in [2.05, 4.69) is 4.31 Å². The van der Waals surface area contributed by atoms with Crippen LogP contribution in [0, 0.1) is 0 Å². The Balaban J connectivity index is -0.0000000254. The normalized spacial score (nSPS) is 6.08. The molecule has 0 fully saturated rings. The maximum absolute atomic E-state index is 9.24. The van der Waals surface area contributed by atoms with Gasteiger partial charge in [0.15, 0.2) is 0 Å². The molecule has 0 aromatic rings. The van der Waals surface area contributed by atoms with E-state index in [4.69, 9.17) is 245 Å². The Labute approximate surface area is 686 Å². The van der Waals surface area contributed by atoms with E-state index in [1.807, 2.05) is 0 Å². The molecule has 0 saturated heterocycles. The summed E-state index contributed by atoms with van der Waals surface area (Å²) in [4.78, 5) is 0. The molecule has 104 heavy (non-hydrogen) atoms. The summed E-state index contributed by atoms with van der Waals surface area (Å²) in [5, 5.41) is 0. The molecule has 0 aliphatic rings. The fraction of sp³-hybridized carbons (Fsp3) is 0. The summed E-state index contributed by atoms with van der Waals surface area (Å²) in [5.41, 5.74) is 0. The van der Waals surface area contributed by atoms with Crippen LogP contribution in [0.5, 0.6) is 0 Å². The van der Waals surface area contributed by atoms with Crippen LogP contribution in [0.4, 0.5) is 0 Å². The van der Waals surface area contributed by atoms with Crippen molar-refractivity contribution in [3.63, 3.8) is 0 Å². The molecule has 104 heteroatoms. The molecule has 0 atom stereocenters. The van der Waals surface area contributed by atoms with Gasteiger partial charge < -0.3 is 5.48 Å². The third kappa shape index (κ3) is 32200. The Hall–Kier alpha value is 1.84. The average Bonchev–Trinajstić information content (AvgIpc) is 3.18. The van der Waals surface area contributed by atoms with Crippen LogP contribution in [0.3, 0.4) is 0 Å². The summed E-state index contributed by atoms with van der Waals surface area (Å²) in [7, 11) is -6.47. The second-order valence-corrected chi connectivity index (χ2v) is 42.2. The van der Waals surface area contributed by atoms with Crippen LogP contribution in [0.2, 0.25) is 0 Å². The van der Waals surface area contributed by atoms with E-state index < -0.39 is 429 Å². The molecule has 624 valence electrons. The molecule has 0 aromatic heterocycles. The van der Waals surface area contributed by atoms with Crippen LogP contribution in [0.15, 0.2) is 0 Å². The Morgan fingerprint density at radius 2 is 0.115 bits per heavy atom. The van der Waals surface area contributed by atoms with Crippen molar-refractivity contribution in [3.8, 4) is 0 Å². The van der Waals surface area contributed by atoms with Crippen molar-refractivity contribution in [2.75, 3.05) is 0 Å². The van der Waals surface area contributed by atoms with Crippen LogP contribution >= 0.6 is 15.8 Å². The molecule has 2 N–H and O–H groups in total. The maximum atomic E-state index is 9.24. The minimum atomic E-state index is -4.28. The van der Waals surface area contributed by atoms with Crippen LogP contribution in [-0.4, -0.2) is 5.48 Å². The van der Waals surface area contributed by atoms with E-state index in [0.717, 1.165) is 0 Å². The van der Waals surface area contributed by atoms with Gasteiger partial charge in [-0.05, 0) is 0 Å². The second-order valence-electron chi connectivity index (χ2n) is 5.43. The van der Waals surface area contributed by atoms with Crippen LogP contribution in [-0.2, 0) is 680 Å².